The number of nitrogens with one attached hydrogen (secondary N) is 1. The highest BCUT2D eigenvalue weighted by molar-refractivity contribution is 9.11. The van der Waals surface area contributed by atoms with E-state index in [2.05, 4.69) is 42.4 Å². The Hall–Kier alpha value is -2.18. The average Bonchev–Trinajstić information content (AvgIpc) is 2.66. The molecule has 6 heteroatoms. The lowest BCUT2D eigenvalue weighted by atomic mass is 10.1. The van der Waals surface area contributed by atoms with Gasteiger partial charge in [0.1, 0.15) is 5.75 Å². The van der Waals surface area contributed by atoms with Crippen LogP contribution < -0.4 is 10.2 Å². The molecular weight excluding hydrogens is 472 g/mol. The molecule has 4 nitrogen and oxygen atoms in total. The first-order valence-electron chi connectivity index (χ1n) is 8.35. The highest BCUT2D eigenvalue weighted by Gasteiger charge is 2.09. The van der Waals surface area contributed by atoms with Gasteiger partial charge < -0.3 is 4.74 Å². The minimum absolute atomic E-state index is 0.120. The van der Waals surface area contributed by atoms with Crippen molar-refractivity contribution < 1.29 is 9.53 Å². The molecule has 0 atom stereocenters. The van der Waals surface area contributed by atoms with Crippen LogP contribution in [0.2, 0.25) is 0 Å². The predicted octanol–water partition coefficient (Wildman–Crippen LogP) is 5.59. The van der Waals surface area contributed by atoms with Crippen LogP contribution in [0.25, 0.3) is 10.8 Å². The van der Waals surface area contributed by atoms with Gasteiger partial charge in [-0.2, -0.15) is 5.10 Å². The number of hydrazone groups is 1. The lowest BCUT2D eigenvalue weighted by Gasteiger charge is -2.10. The number of carbonyl (C=O) groups excluding carboxylic acids is 1. The second kappa shape index (κ2) is 8.67. The Bertz CT molecular complexity index is 1010. The van der Waals surface area contributed by atoms with Crippen molar-refractivity contribution >= 4 is 54.3 Å². The van der Waals surface area contributed by atoms with E-state index in [-0.39, 0.29) is 12.5 Å². The Morgan fingerprint density at radius 1 is 1.07 bits per heavy atom. The number of fused-ring (bicyclic) bond motifs is 1. The molecule has 0 spiro atoms. The largest absolute Gasteiger partial charge is 0.483 e. The smallest absolute Gasteiger partial charge is 0.277 e. The van der Waals surface area contributed by atoms with Crippen LogP contribution in [0.5, 0.6) is 5.75 Å². The van der Waals surface area contributed by atoms with Gasteiger partial charge in [-0.25, -0.2) is 5.43 Å². The average molecular weight is 490 g/mol. The van der Waals surface area contributed by atoms with Gasteiger partial charge in [0.15, 0.2) is 6.61 Å². The first-order chi connectivity index (χ1) is 12.9. The van der Waals surface area contributed by atoms with E-state index in [1.165, 1.54) is 5.56 Å². The molecule has 0 aliphatic heterocycles. The minimum atomic E-state index is -0.315. The first-order valence-corrected chi connectivity index (χ1v) is 9.93. The molecular formula is C21H18Br2N2O2. The number of hydrogen-bond acceptors (Lipinski definition) is 3. The number of ether oxygens (including phenoxy) is 1. The zero-order valence-electron chi connectivity index (χ0n) is 14.9. The Kier molecular flexibility index (Phi) is 6.29. The number of rotatable bonds is 5. The van der Waals surface area contributed by atoms with Crippen LogP contribution in [0.4, 0.5) is 0 Å². The molecule has 0 aliphatic rings. The van der Waals surface area contributed by atoms with Crippen molar-refractivity contribution in [3.8, 4) is 5.75 Å². The van der Waals surface area contributed by atoms with Crippen LogP contribution in [0, 0.1) is 6.92 Å². The van der Waals surface area contributed by atoms with Gasteiger partial charge >= 0.3 is 0 Å². The highest BCUT2D eigenvalue weighted by Crippen LogP contribution is 2.34. The van der Waals surface area contributed by atoms with Gasteiger partial charge in [-0.15, -0.1) is 0 Å². The molecule has 0 fully saturated rings. The van der Waals surface area contributed by atoms with Crippen LogP contribution in [0.1, 0.15) is 18.1 Å². The van der Waals surface area contributed by atoms with Crippen LogP contribution in [-0.2, 0) is 4.79 Å². The number of nitrogens with zero attached hydrogens (tertiary/aromatic N) is 1. The molecule has 0 heterocycles. The van der Waals surface area contributed by atoms with Crippen LogP contribution in [0.15, 0.2) is 68.6 Å². The summed E-state index contributed by atoms with van der Waals surface area (Å²) in [5.74, 6) is 0.295. The van der Waals surface area contributed by atoms with Gasteiger partial charge in [0.2, 0.25) is 0 Å². The topological polar surface area (TPSA) is 50.7 Å². The predicted molar refractivity (Wildman–Crippen MR) is 116 cm³/mol. The normalized spacial score (nSPS) is 11.5. The lowest BCUT2D eigenvalue weighted by Crippen LogP contribution is -2.25. The van der Waals surface area contributed by atoms with Crippen LogP contribution in [-0.4, -0.2) is 18.2 Å². The Balaban J connectivity index is 1.63. The van der Waals surface area contributed by atoms with Gasteiger partial charge in [-0.3, -0.25) is 4.79 Å². The third kappa shape index (κ3) is 4.96. The summed E-state index contributed by atoms with van der Waals surface area (Å²) >= 11 is 7.02. The summed E-state index contributed by atoms with van der Waals surface area (Å²) in [7, 11) is 0. The van der Waals surface area contributed by atoms with Gasteiger partial charge in [-0.1, -0.05) is 57.9 Å². The van der Waals surface area contributed by atoms with Crippen molar-refractivity contribution in [3.63, 3.8) is 0 Å². The van der Waals surface area contributed by atoms with Crippen molar-refractivity contribution in [2.24, 2.45) is 5.10 Å². The Labute approximate surface area is 174 Å². The monoisotopic (exact) mass is 488 g/mol. The van der Waals surface area contributed by atoms with E-state index in [1.54, 1.807) is 0 Å². The third-order valence-corrected chi connectivity index (χ3v) is 5.37. The lowest BCUT2D eigenvalue weighted by molar-refractivity contribution is -0.123. The molecule has 3 aromatic rings. The second-order valence-corrected chi connectivity index (χ2v) is 7.84. The molecule has 0 radical (unpaired) electrons. The van der Waals surface area contributed by atoms with Gasteiger partial charge in [-0.05, 0) is 64.3 Å². The molecule has 1 amide bonds. The molecule has 0 aliphatic carbocycles. The molecule has 1 N–H and O–H groups in total. The number of carbonyl (C=O) groups is 1. The van der Waals surface area contributed by atoms with E-state index < -0.39 is 0 Å². The fourth-order valence-electron chi connectivity index (χ4n) is 2.54. The summed E-state index contributed by atoms with van der Waals surface area (Å²) in [6, 6.07) is 17.7. The quantitative estimate of drug-likeness (QED) is 0.375. The number of hydrogen-bond donors (Lipinski definition) is 1. The van der Waals surface area contributed by atoms with Gasteiger partial charge in [0.25, 0.3) is 5.91 Å². The summed E-state index contributed by atoms with van der Waals surface area (Å²) in [5, 5.41) is 6.23. The molecule has 0 aromatic heterocycles. The maximum Gasteiger partial charge on any atom is 0.277 e. The zero-order chi connectivity index (χ0) is 19.4. The highest BCUT2D eigenvalue weighted by atomic mass is 79.9. The number of amides is 1. The van der Waals surface area contributed by atoms with Crippen molar-refractivity contribution in [1.29, 1.82) is 0 Å². The van der Waals surface area contributed by atoms with E-state index in [0.717, 1.165) is 31.0 Å². The molecule has 0 unspecified atom stereocenters. The molecule has 3 aromatic carbocycles. The molecule has 0 saturated carbocycles. The summed E-state index contributed by atoms with van der Waals surface area (Å²) in [6.07, 6.45) is 0. The summed E-state index contributed by atoms with van der Waals surface area (Å²) in [5.41, 5.74) is 5.41. The maximum absolute atomic E-state index is 12.1. The molecule has 27 heavy (non-hydrogen) atoms. The maximum atomic E-state index is 12.1. The fourth-order valence-corrected chi connectivity index (χ4v) is 3.52. The number of benzene rings is 3. The number of aryl methyl sites for hydroxylation is 1. The van der Waals surface area contributed by atoms with Gasteiger partial charge in [0.05, 0.1) is 10.2 Å². The van der Waals surface area contributed by atoms with E-state index in [1.807, 2.05) is 68.4 Å². The van der Waals surface area contributed by atoms with Crippen LogP contribution in [0.3, 0.4) is 0 Å². The van der Waals surface area contributed by atoms with Crippen molar-refractivity contribution in [2.75, 3.05) is 6.61 Å². The summed E-state index contributed by atoms with van der Waals surface area (Å²) < 4.78 is 7.48. The summed E-state index contributed by atoms with van der Waals surface area (Å²) in [6.45, 7) is 3.76. The molecule has 3 rings (SSSR count). The second-order valence-electron chi connectivity index (χ2n) is 6.13. The van der Waals surface area contributed by atoms with Crippen molar-refractivity contribution in [2.45, 2.75) is 13.8 Å². The van der Waals surface area contributed by atoms with Crippen molar-refractivity contribution in [3.05, 3.63) is 74.7 Å². The minimum Gasteiger partial charge on any atom is -0.483 e. The SMILES string of the molecule is CC(=NNC(=O)COc1ccc2cc(Br)ccc2c1Br)c1ccc(C)cc1. The van der Waals surface area contributed by atoms with Crippen molar-refractivity contribution in [1.82, 2.24) is 5.43 Å². The van der Waals surface area contributed by atoms with E-state index in [4.69, 9.17) is 4.74 Å². The fraction of sp³-hybridized carbons (Fsp3) is 0.143. The molecule has 0 bridgehead atoms. The number of halogens is 2. The summed E-state index contributed by atoms with van der Waals surface area (Å²) in [4.78, 5) is 12.1. The molecule has 0 saturated heterocycles. The third-order valence-electron chi connectivity index (χ3n) is 4.06. The zero-order valence-corrected chi connectivity index (χ0v) is 18.1. The first kappa shape index (κ1) is 19.6. The van der Waals surface area contributed by atoms with E-state index in [0.29, 0.717) is 5.75 Å². The Morgan fingerprint density at radius 3 is 2.56 bits per heavy atom. The molecule has 138 valence electrons. The van der Waals surface area contributed by atoms with Gasteiger partial charge in [0, 0.05) is 4.47 Å². The Morgan fingerprint density at radius 2 is 1.81 bits per heavy atom. The van der Waals surface area contributed by atoms with E-state index >= 15 is 0 Å². The van der Waals surface area contributed by atoms with E-state index in [9.17, 15) is 4.79 Å². The standard InChI is InChI=1S/C21H18Br2N2O2/c1-13-3-5-15(6-4-13)14(2)24-25-20(26)12-27-19-10-7-16-11-17(22)8-9-18(16)21(19)23/h3-11H,12H2,1-2H3,(H,25,26). The van der Waals surface area contributed by atoms with Crippen LogP contribution >= 0.6 is 31.9 Å².